The first-order valence-electron chi connectivity index (χ1n) is 6.88. The zero-order valence-electron chi connectivity index (χ0n) is 12.3. The van der Waals surface area contributed by atoms with E-state index in [2.05, 4.69) is 28.3 Å². The highest BCUT2D eigenvalue weighted by molar-refractivity contribution is 7.11. The van der Waals surface area contributed by atoms with Crippen LogP contribution in [0.3, 0.4) is 0 Å². The Bertz CT molecular complexity index is 467. The van der Waals surface area contributed by atoms with Crippen LogP contribution in [-0.2, 0) is 4.74 Å². The third kappa shape index (κ3) is 3.04. The number of nitrogens with zero attached hydrogens (tertiary/aromatic N) is 3. The maximum absolute atomic E-state index is 12.0. The molecule has 7 heteroatoms. The van der Waals surface area contributed by atoms with Gasteiger partial charge in [-0.15, -0.1) is 0 Å². The molecule has 0 aromatic carbocycles. The second kappa shape index (κ2) is 6.41. The van der Waals surface area contributed by atoms with Crippen molar-refractivity contribution in [1.29, 1.82) is 0 Å². The highest BCUT2D eigenvalue weighted by Gasteiger charge is 2.28. The number of anilines is 2. The van der Waals surface area contributed by atoms with Crippen molar-refractivity contribution < 1.29 is 9.53 Å². The lowest BCUT2D eigenvalue weighted by Crippen LogP contribution is -2.42. The third-order valence-corrected chi connectivity index (χ3v) is 4.59. The van der Waals surface area contributed by atoms with Crippen LogP contribution in [-0.4, -0.2) is 55.1 Å². The smallest absolute Gasteiger partial charge is 0.345 e. The van der Waals surface area contributed by atoms with Gasteiger partial charge in [-0.05, 0) is 45.4 Å². The Hall–Kier alpha value is -1.34. The second-order valence-corrected chi connectivity index (χ2v) is 5.90. The molecule has 1 aromatic heterocycles. The number of nitrogens with two attached hydrogens (primary N) is 1. The van der Waals surface area contributed by atoms with Crippen LogP contribution in [0.4, 0.5) is 10.8 Å². The number of ether oxygens (including phenoxy) is 1. The number of hydrogen-bond acceptors (Lipinski definition) is 7. The monoisotopic (exact) mass is 298 g/mol. The third-order valence-electron chi connectivity index (χ3n) is 3.66. The molecule has 2 rings (SSSR count). The SMILES string of the molecule is CCOC(=O)c1c(N)nsc1N1CCC(N(C)C)CC1. The number of carbonyl (C=O) groups excluding carboxylic acids is 1. The van der Waals surface area contributed by atoms with E-state index in [9.17, 15) is 4.79 Å². The van der Waals surface area contributed by atoms with E-state index in [4.69, 9.17) is 10.5 Å². The number of piperidine rings is 1. The number of esters is 1. The largest absolute Gasteiger partial charge is 0.462 e. The molecule has 2 N–H and O–H groups in total. The van der Waals surface area contributed by atoms with Crippen LogP contribution in [0.5, 0.6) is 0 Å². The van der Waals surface area contributed by atoms with Crippen LogP contribution < -0.4 is 10.6 Å². The summed E-state index contributed by atoms with van der Waals surface area (Å²) in [4.78, 5) is 16.4. The van der Waals surface area contributed by atoms with Gasteiger partial charge in [0.15, 0.2) is 5.82 Å². The lowest BCUT2D eigenvalue weighted by atomic mass is 10.0. The summed E-state index contributed by atoms with van der Waals surface area (Å²) in [6.07, 6.45) is 2.15. The van der Waals surface area contributed by atoms with Crippen molar-refractivity contribution in [2.45, 2.75) is 25.8 Å². The van der Waals surface area contributed by atoms with Crippen LogP contribution in [0.15, 0.2) is 0 Å². The summed E-state index contributed by atoms with van der Waals surface area (Å²) < 4.78 is 9.19. The van der Waals surface area contributed by atoms with Gasteiger partial charge in [-0.25, -0.2) is 4.79 Å². The van der Waals surface area contributed by atoms with E-state index in [1.165, 1.54) is 11.5 Å². The topological polar surface area (TPSA) is 71.7 Å². The molecule has 0 amide bonds. The minimum atomic E-state index is -0.372. The Morgan fingerprint density at radius 2 is 2.15 bits per heavy atom. The number of hydrogen-bond donors (Lipinski definition) is 1. The molecular formula is C13H22N4O2S. The van der Waals surface area contributed by atoms with Gasteiger partial charge in [-0.2, -0.15) is 4.37 Å². The maximum atomic E-state index is 12.0. The minimum Gasteiger partial charge on any atom is -0.462 e. The summed E-state index contributed by atoms with van der Waals surface area (Å²) in [5, 5.41) is 0.846. The predicted molar refractivity (Wildman–Crippen MR) is 81.4 cm³/mol. The first kappa shape index (κ1) is 15.1. The van der Waals surface area contributed by atoms with E-state index in [-0.39, 0.29) is 11.8 Å². The van der Waals surface area contributed by atoms with Gasteiger partial charge in [0, 0.05) is 19.1 Å². The van der Waals surface area contributed by atoms with Crippen LogP contribution in [0.1, 0.15) is 30.1 Å². The highest BCUT2D eigenvalue weighted by atomic mass is 32.1. The van der Waals surface area contributed by atoms with Crippen molar-refractivity contribution in [3.8, 4) is 0 Å². The molecule has 0 saturated carbocycles. The molecule has 1 fully saturated rings. The Labute approximate surface area is 123 Å². The first-order chi connectivity index (χ1) is 9.54. The van der Waals surface area contributed by atoms with Gasteiger partial charge in [0.25, 0.3) is 0 Å². The molecule has 6 nitrogen and oxygen atoms in total. The molecule has 1 aliphatic heterocycles. The number of aromatic nitrogens is 1. The molecule has 20 heavy (non-hydrogen) atoms. The average Bonchev–Trinajstić information content (AvgIpc) is 2.81. The Morgan fingerprint density at radius 3 is 2.70 bits per heavy atom. The van der Waals surface area contributed by atoms with Crippen molar-refractivity contribution in [2.24, 2.45) is 0 Å². The summed E-state index contributed by atoms with van der Waals surface area (Å²) in [6.45, 7) is 3.96. The van der Waals surface area contributed by atoms with Gasteiger partial charge in [0.05, 0.1) is 6.61 Å². The zero-order chi connectivity index (χ0) is 14.7. The van der Waals surface area contributed by atoms with Gasteiger partial charge in [0.2, 0.25) is 0 Å². The highest BCUT2D eigenvalue weighted by Crippen LogP contribution is 2.33. The molecule has 0 unspecified atom stereocenters. The standard InChI is InChI=1S/C13H22N4O2S/c1-4-19-13(18)10-11(14)15-20-12(10)17-7-5-9(6-8-17)16(2)3/h9H,4-8H2,1-3H3,(H2,14,15). The Morgan fingerprint density at radius 1 is 1.50 bits per heavy atom. The lowest BCUT2D eigenvalue weighted by molar-refractivity contribution is 0.0528. The fourth-order valence-electron chi connectivity index (χ4n) is 2.49. The molecule has 1 saturated heterocycles. The molecule has 1 aliphatic rings. The van der Waals surface area contributed by atoms with E-state index in [0.717, 1.165) is 30.9 Å². The molecule has 0 atom stereocenters. The van der Waals surface area contributed by atoms with Crippen molar-refractivity contribution in [2.75, 3.05) is 44.4 Å². The summed E-state index contributed by atoms with van der Waals surface area (Å²) in [5.74, 6) is -0.0957. The fourth-order valence-corrected chi connectivity index (χ4v) is 3.34. The van der Waals surface area contributed by atoms with Gasteiger partial charge < -0.3 is 20.3 Å². The molecule has 0 bridgehead atoms. The van der Waals surface area contributed by atoms with Crippen LogP contribution >= 0.6 is 11.5 Å². The van der Waals surface area contributed by atoms with Crippen LogP contribution in [0, 0.1) is 0 Å². The van der Waals surface area contributed by atoms with E-state index in [0.29, 0.717) is 18.2 Å². The van der Waals surface area contributed by atoms with Gasteiger partial charge >= 0.3 is 5.97 Å². The Balaban J connectivity index is 2.12. The van der Waals surface area contributed by atoms with Gasteiger partial charge in [-0.3, -0.25) is 0 Å². The summed E-state index contributed by atoms with van der Waals surface area (Å²) in [7, 11) is 4.21. The molecule has 0 aliphatic carbocycles. The minimum absolute atomic E-state index is 0.276. The van der Waals surface area contributed by atoms with E-state index in [1.807, 2.05) is 0 Å². The van der Waals surface area contributed by atoms with Crippen LogP contribution in [0.25, 0.3) is 0 Å². The van der Waals surface area contributed by atoms with E-state index < -0.39 is 0 Å². The molecule has 0 spiro atoms. The lowest BCUT2D eigenvalue weighted by Gasteiger charge is -2.35. The maximum Gasteiger partial charge on any atom is 0.345 e. The normalized spacial score (nSPS) is 16.7. The Kier molecular flexibility index (Phi) is 4.82. The van der Waals surface area contributed by atoms with Crippen LogP contribution in [0.2, 0.25) is 0 Å². The van der Waals surface area contributed by atoms with Crippen molar-refractivity contribution >= 4 is 28.3 Å². The molecule has 0 radical (unpaired) electrons. The molecule has 2 heterocycles. The average molecular weight is 298 g/mol. The summed E-state index contributed by atoms with van der Waals surface area (Å²) >= 11 is 1.28. The first-order valence-corrected chi connectivity index (χ1v) is 7.65. The van der Waals surface area contributed by atoms with E-state index in [1.54, 1.807) is 6.92 Å². The van der Waals surface area contributed by atoms with Crippen molar-refractivity contribution in [3.63, 3.8) is 0 Å². The summed E-state index contributed by atoms with van der Waals surface area (Å²) in [6, 6.07) is 0.600. The number of rotatable bonds is 4. The number of carbonyl (C=O) groups is 1. The second-order valence-electron chi connectivity index (χ2n) is 5.15. The quantitative estimate of drug-likeness (QED) is 0.848. The number of nitrogen functional groups attached to an aromatic ring is 1. The van der Waals surface area contributed by atoms with Gasteiger partial charge in [0.1, 0.15) is 10.6 Å². The molecule has 1 aromatic rings. The summed E-state index contributed by atoms with van der Waals surface area (Å²) in [5.41, 5.74) is 6.25. The molecule has 112 valence electrons. The van der Waals surface area contributed by atoms with Crippen molar-refractivity contribution in [1.82, 2.24) is 9.27 Å². The van der Waals surface area contributed by atoms with Crippen molar-refractivity contribution in [3.05, 3.63) is 5.56 Å². The zero-order valence-corrected chi connectivity index (χ0v) is 13.1. The predicted octanol–water partition coefficient (Wildman–Crippen LogP) is 1.43. The van der Waals surface area contributed by atoms with Gasteiger partial charge in [-0.1, -0.05) is 0 Å². The molecular weight excluding hydrogens is 276 g/mol. The van der Waals surface area contributed by atoms with E-state index >= 15 is 0 Å². The fraction of sp³-hybridized carbons (Fsp3) is 0.692.